The monoisotopic (exact) mass is 262 g/mol. The van der Waals surface area contributed by atoms with Gasteiger partial charge in [-0.2, -0.15) is 0 Å². The van der Waals surface area contributed by atoms with Crippen LogP contribution in [0.3, 0.4) is 0 Å². The van der Waals surface area contributed by atoms with E-state index in [1.165, 1.54) is 5.56 Å². The second-order valence-corrected chi connectivity index (χ2v) is 5.95. The highest BCUT2D eigenvalue weighted by Crippen LogP contribution is 2.24. The van der Waals surface area contributed by atoms with Crippen LogP contribution in [0.2, 0.25) is 0 Å². The van der Waals surface area contributed by atoms with Crippen LogP contribution in [0, 0.1) is 0 Å². The number of carbonyl (C=O) groups excluding carboxylic acids is 1. The van der Waals surface area contributed by atoms with Gasteiger partial charge in [0.2, 0.25) is 5.91 Å². The van der Waals surface area contributed by atoms with E-state index in [4.69, 9.17) is 10.5 Å². The fourth-order valence-electron chi connectivity index (χ4n) is 2.19. The summed E-state index contributed by atoms with van der Waals surface area (Å²) in [5.41, 5.74) is 8.79. The maximum Gasteiger partial charge on any atom is 0.248 e. The Morgan fingerprint density at radius 2 is 2.16 bits per heavy atom. The van der Waals surface area contributed by atoms with E-state index in [9.17, 15) is 4.79 Å². The maximum atomic E-state index is 12.1. The molecule has 0 saturated heterocycles. The number of anilines is 1. The molecule has 1 amide bonds. The van der Waals surface area contributed by atoms with E-state index in [0.717, 1.165) is 24.2 Å². The fraction of sp³-hybridized carbons (Fsp3) is 0.533. The smallest absolute Gasteiger partial charge is 0.248 e. The highest BCUT2D eigenvalue weighted by molar-refractivity contribution is 5.78. The van der Waals surface area contributed by atoms with Crippen molar-refractivity contribution in [2.24, 2.45) is 0 Å². The van der Waals surface area contributed by atoms with E-state index in [1.54, 1.807) is 0 Å². The van der Waals surface area contributed by atoms with Gasteiger partial charge in [0, 0.05) is 18.8 Å². The molecule has 0 aliphatic carbocycles. The van der Waals surface area contributed by atoms with E-state index in [2.05, 4.69) is 6.07 Å². The van der Waals surface area contributed by atoms with Crippen molar-refractivity contribution in [3.63, 3.8) is 0 Å². The minimum absolute atomic E-state index is 0.0313. The van der Waals surface area contributed by atoms with E-state index in [0.29, 0.717) is 6.54 Å². The number of nitrogens with zero attached hydrogens (tertiary/aromatic N) is 1. The molecule has 1 aliphatic heterocycles. The van der Waals surface area contributed by atoms with Gasteiger partial charge < -0.3 is 15.4 Å². The molecule has 1 aliphatic rings. The highest BCUT2D eigenvalue weighted by atomic mass is 16.5. The molecule has 0 bridgehead atoms. The van der Waals surface area contributed by atoms with Crippen LogP contribution in [0.25, 0.3) is 0 Å². The van der Waals surface area contributed by atoms with E-state index in [-0.39, 0.29) is 18.1 Å². The number of ether oxygens (including phenoxy) is 1. The molecule has 2 N–H and O–H groups in total. The van der Waals surface area contributed by atoms with Gasteiger partial charge in [-0.15, -0.1) is 0 Å². The van der Waals surface area contributed by atoms with Gasteiger partial charge in [0.05, 0.1) is 5.60 Å². The van der Waals surface area contributed by atoms with Gasteiger partial charge in [0.25, 0.3) is 0 Å². The Balaban J connectivity index is 2.01. The lowest BCUT2D eigenvalue weighted by Crippen LogP contribution is -2.40. The molecule has 0 fully saturated rings. The first kappa shape index (κ1) is 13.9. The Kier molecular flexibility index (Phi) is 3.80. The van der Waals surface area contributed by atoms with E-state index >= 15 is 0 Å². The molecule has 4 heteroatoms. The van der Waals surface area contributed by atoms with Crippen molar-refractivity contribution in [2.45, 2.75) is 39.3 Å². The lowest BCUT2D eigenvalue weighted by atomic mass is 9.98. The molecule has 0 spiro atoms. The SMILES string of the molecule is CC(C)(C)OCC(=O)N1CCc2cccc(N)c2C1. The highest BCUT2D eigenvalue weighted by Gasteiger charge is 2.23. The molecular formula is C15H22N2O2. The van der Waals surface area contributed by atoms with Gasteiger partial charge in [-0.25, -0.2) is 0 Å². The maximum absolute atomic E-state index is 12.1. The van der Waals surface area contributed by atoms with Crippen molar-refractivity contribution < 1.29 is 9.53 Å². The van der Waals surface area contributed by atoms with Crippen LogP contribution < -0.4 is 5.73 Å². The lowest BCUT2D eigenvalue weighted by molar-refractivity contribution is -0.141. The predicted octanol–water partition coefficient (Wildman–Crippen LogP) is 1.97. The van der Waals surface area contributed by atoms with Crippen molar-refractivity contribution in [1.29, 1.82) is 0 Å². The first-order chi connectivity index (χ1) is 8.87. The third kappa shape index (κ3) is 3.47. The largest absolute Gasteiger partial charge is 0.398 e. The molecule has 1 aromatic carbocycles. The number of carbonyl (C=O) groups is 1. The van der Waals surface area contributed by atoms with Crippen molar-refractivity contribution >= 4 is 11.6 Å². The number of hydrogen-bond donors (Lipinski definition) is 1. The minimum atomic E-state index is -0.289. The van der Waals surface area contributed by atoms with Crippen molar-refractivity contribution in [2.75, 3.05) is 18.9 Å². The van der Waals surface area contributed by atoms with E-state index < -0.39 is 0 Å². The van der Waals surface area contributed by atoms with Crippen LogP contribution in [0.15, 0.2) is 18.2 Å². The normalized spacial score (nSPS) is 15.2. The summed E-state index contributed by atoms with van der Waals surface area (Å²) in [4.78, 5) is 13.9. The number of nitrogens with two attached hydrogens (primary N) is 1. The number of rotatable bonds is 2. The first-order valence-electron chi connectivity index (χ1n) is 6.65. The Morgan fingerprint density at radius 3 is 2.84 bits per heavy atom. The average molecular weight is 262 g/mol. The Morgan fingerprint density at radius 1 is 1.42 bits per heavy atom. The molecule has 19 heavy (non-hydrogen) atoms. The molecule has 0 aromatic heterocycles. The molecule has 4 nitrogen and oxygen atoms in total. The molecule has 1 heterocycles. The fourth-order valence-corrected chi connectivity index (χ4v) is 2.19. The molecule has 104 valence electrons. The summed E-state index contributed by atoms with van der Waals surface area (Å²) in [7, 11) is 0. The molecule has 0 atom stereocenters. The zero-order valence-electron chi connectivity index (χ0n) is 11.9. The Bertz CT molecular complexity index is 478. The molecule has 2 rings (SSSR count). The first-order valence-corrected chi connectivity index (χ1v) is 6.65. The average Bonchev–Trinajstić information content (AvgIpc) is 2.35. The van der Waals surface area contributed by atoms with Crippen LogP contribution in [0.1, 0.15) is 31.9 Å². The Labute approximate surface area is 114 Å². The summed E-state index contributed by atoms with van der Waals surface area (Å²) in [6.07, 6.45) is 0.863. The number of fused-ring (bicyclic) bond motifs is 1. The van der Waals surface area contributed by atoms with Crippen LogP contribution in [0.4, 0.5) is 5.69 Å². The molecule has 0 radical (unpaired) electrons. The van der Waals surface area contributed by atoms with Crippen LogP contribution >= 0.6 is 0 Å². The van der Waals surface area contributed by atoms with Crippen LogP contribution in [0.5, 0.6) is 0 Å². The van der Waals surface area contributed by atoms with Crippen LogP contribution in [-0.4, -0.2) is 29.6 Å². The summed E-state index contributed by atoms with van der Waals surface area (Å²) in [6, 6.07) is 5.94. The zero-order chi connectivity index (χ0) is 14.0. The van der Waals surface area contributed by atoms with E-state index in [1.807, 2.05) is 37.8 Å². The van der Waals surface area contributed by atoms with Crippen molar-refractivity contribution in [3.8, 4) is 0 Å². The topological polar surface area (TPSA) is 55.6 Å². The summed E-state index contributed by atoms with van der Waals surface area (Å²) in [6.45, 7) is 7.31. The van der Waals surface area contributed by atoms with Crippen molar-refractivity contribution in [1.82, 2.24) is 4.90 Å². The van der Waals surface area contributed by atoms with Crippen LogP contribution in [-0.2, 0) is 22.5 Å². The quantitative estimate of drug-likeness (QED) is 0.829. The number of nitrogen functional groups attached to an aromatic ring is 1. The number of benzene rings is 1. The third-order valence-corrected chi connectivity index (χ3v) is 3.29. The lowest BCUT2D eigenvalue weighted by Gasteiger charge is -2.30. The summed E-state index contributed by atoms with van der Waals surface area (Å²) < 4.78 is 5.54. The van der Waals surface area contributed by atoms with Gasteiger partial charge in [-0.05, 0) is 44.4 Å². The van der Waals surface area contributed by atoms with Gasteiger partial charge in [-0.3, -0.25) is 4.79 Å². The summed E-state index contributed by atoms with van der Waals surface area (Å²) >= 11 is 0. The Hall–Kier alpha value is -1.55. The van der Waals surface area contributed by atoms with Crippen molar-refractivity contribution in [3.05, 3.63) is 29.3 Å². The summed E-state index contributed by atoms with van der Waals surface area (Å²) in [5, 5.41) is 0. The third-order valence-electron chi connectivity index (χ3n) is 3.29. The molecule has 1 aromatic rings. The molecule has 0 unspecified atom stereocenters. The van der Waals surface area contributed by atoms with Gasteiger partial charge in [-0.1, -0.05) is 12.1 Å². The second-order valence-electron chi connectivity index (χ2n) is 5.95. The molecule has 0 saturated carbocycles. The summed E-state index contributed by atoms with van der Waals surface area (Å²) in [5.74, 6) is 0.0313. The van der Waals surface area contributed by atoms with Gasteiger partial charge in [0.1, 0.15) is 6.61 Å². The predicted molar refractivity (Wildman–Crippen MR) is 75.7 cm³/mol. The van der Waals surface area contributed by atoms with Gasteiger partial charge >= 0.3 is 0 Å². The van der Waals surface area contributed by atoms with Gasteiger partial charge in [0.15, 0.2) is 0 Å². The number of hydrogen-bond acceptors (Lipinski definition) is 3. The zero-order valence-corrected chi connectivity index (χ0v) is 11.9. The second kappa shape index (κ2) is 5.21. The molecular weight excluding hydrogens is 240 g/mol. The standard InChI is InChI=1S/C15H22N2O2/c1-15(2,3)19-10-14(18)17-8-7-11-5-4-6-13(16)12(11)9-17/h4-6H,7-10,16H2,1-3H3. The number of amides is 1. The minimum Gasteiger partial charge on any atom is -0.398 e.